The summed E-state index contributed by atoms with van der Waals surface area (Å²) in [5.74, 6) is 16.0. The quantitative estimate of drug-likeness (QED) is 0.0485. The summed E-state index contributed by atoms with van der Waals surface area (Å²) in [6, 6.07) is 76.9. The van der Waals surface area contributed by atoms with E-state index in [1.807, 2.05) is 146 Å². The van der Waals surface area contributed by atoms with Gasteiger partial charge in [0.1, 0.15) is 0 Å². The Balaban J connectivity index is 0.00000109. The molecule has 11 nitrogen and oxygen atoms in total. The first-order chi connectivity index (χ1) is 43.3. The van der Waals surface area contributed by atoms with Crippen LogP contribution >= 0.6 is 0 Å². The van der Waals surface area contributed by atoms with Gasteiger partial charge in [-0.3, -0.25) is 0 Å². The maximum atomic E-state index is 10.7. The van der Waals surface area contributed by atoms with E-state index in [0.717, 1.165) is 77.8 Å². The van der Waals surface area contributed by atoms with Crippen molar-refractivity contribution in [2.24, 2.45) is 11.8 Å². The maximum absolute atomic E-state index is 10.7. The third-order valence-electron chi connectivity index (χ3n) is 12.1. The van der Waals surface area contributed by atoms with E-state index in [4.69, 9.17) is 38.3 Å². The minimum atomic E-state index is -6.09. The van der Waals surface area contributed by atoms with Gasteiger partial charge in [-0.15, -0.1) is 108 Å². The van der Waals surface area contributed by atoms with Gasteiger partial charge in [-0.1, -0.05) is 36.4 Å². The zero-order chi connectivity index (χ0) is 67.9. The molecule has 5 aromatic carbocycles. The van der Waals surface area contributed by atoms with E-state index in [1.165, 1.54) is 16.7 Å². The van der Waals surface area contributed by atoms with Crippen LogP contribution < -0.4 is 8.79 Å². The van der Waals surface area contributed by atoms with Crippen molar-refractivity contribution in [3.8, 4) is 56.3 Å². The normalized spacial score (nSPS) is 10.4. The molecule has 0 aliphatic heterocycles. The van der Waals surface area contributed by atoms with Crippen LogP contribution in [0.4, 0.5) is 13.2 Å². The second kappa shape index (κ2) is 46.8. The Kier molecular flexibility index (Phi) is 43.7. The average molecular weight is 1760 g/mol. The van der Waals surface area contributed by atoms with Gasteiger partial charge in [-0.05, 0) is 42.2 Å². The van der Waals surface area contributed by atoms with Gasteiger partial charge in [0.2, 0.25) is 0 Å². The Hall–Kier alpha value is -6.19. The van der Waals surface area contributed by atoms with Gasteiger partial charge < -0.3 is 34.8 Å². The minimum absolute atomic E-state index is 0. The third-order valence-corrected chi connectivity index (χ3v) is 21.4. The van der Waals surface area contributed by atoms with Gasteiger partial charge in [-0.25, -0.2) is 8.42 Å². The smallest absolute Gasteiger partial charge is 0.485 e. The van der Waals surface area contributed by atoms with Crippen LogP contribution in [-0.2, 0) is 63.2 Å². The molecule has 0 saturated carbocycles. The van der Waals surface area contributed by atoms with Crippen LogP contribution in [-0.4, -0.2) is 106 Å². The number of halogens is 3. The number of aromatic nitrogens is 5. The van der Waals surface area contributed by atoms with Crippen LogP contribution in [0.15, 0.2) is 225 Å². The van der Waals surface area contributed by atoms with Gasteiger partial charge in [0.05, 0.1) is 0 Å². The largest absolute Gasteiger partial charge is 0.741 e. The molecule has 0 saturated heterocycles. The monoisotopic (exact) mass is 1760 g/mol. The molecule has 502 valence electrons. The van der Waals surface area contributed by atoms with Crippen molar-refractivity contribution < 1.29 is 81.7 Å². The first-order valence-corrected chi connectivity index (χ1v) is 45.6. The van der Waals surface area contributed by atoms with Crippen LogP contribution in [0.3, 0.4) is 0 Å². The molecule has 10 aromatic rings. The number of nitrogens with zero attached hydrogens (tertiary/aromatic N) is 5. The number of pyridine rings is 5. The zero-order valence-corrected chi connectivity index (χ0v) is 65.0. The van der Waals surface area contributed by atoms with E-state index in [0.29, 0.717) is 11.8 Å². The summed E-state index contributed by atoms with van der Waals surface area (Å²) < 4.78 is 62.0. The molecular formula is C74H87F3Ge2Ir2N5O6S-5. The topological polar surface area (TPSA) is 182 Å². The number of benzene rings is 5. The first-order valence-electron chi connectivity index (χ1n) is 29.5. The molecule has 0 unspecified atom stereocenters. The average Bonchev–Trinajstić information content (AvgIpc) is 0.940. The fourth-order valence-electron chi connectivity index (χ4n) is 8.25. The molecule has 10 rings (SSSR count). The second-order valence-electron chi connectivity index (χ2n) is 22.5. The van der Waals surface area contributed by atoms with Crippen molar-refractivity contribution in [1.82, 2.24) is 24.9 Å². The summed E-state index contributed by atoms with van der Waals surface area (Å²) in [5, 5.41) is 21.6. The summed E-state index contributed by atoms with van der Waals surface area (Å²) in [7, 11) is -4.09. The Bertz CT molecular complexity index is 3220. The molecule has 0 amide bonds. The Morgan fingerprint density at radius 2 is 0.720 bits per heavy atom. The molecule has 0 bridgehead atoms. The maximum Gasteiger partial charge on any atom is 0.485 e. The van der Waals surface area contributed by atoms with E-state index in [-0.39, 0.29) is 46.8 Å². The molecule has 0 atom stereocenters. The van der Waals surface area contributed by atoms with Gasteiger partial charge in [0, 0.05) is 79.6 Å². The second-order valence-corrected chi connectivity index (χ2v) is 45.0. The minimum Gasteiger partial charge on any atom is -0.741 e. The van der Waals surface area contributed by atoms with E-state index >= 15 is 0 Å². The van der Waals surface area contributed by atoms with Crippen LogP contribution in [0.1, 0.15) is 45.7 Å². The van der Waals surface area contributed by atoms with Crippen molar-refractivity contribution >= 4 is 45.4 Å². The number of aliphatic hydroxyl groups is 3. The molecule has 3 N–H and O–H groups in total. The summed E-state index contributed by atoms with van der Waals surface area (Å²) >= 11 is -3.71. The molecule has 0 fully saturated rings. The van der Waals surface area contributed by atoms with Crippen molar-refractivity contribution in [3.05, 3.63) is 261 Å². The molecule has 5 aromatic heterocycles. The Morgan fingerprint density at radius 1 is 0.452 bits per heavy atom. The molecule has 5 heterocycles. The van der Waals surface area contributed by atoms with Gasteiger partial charge in [0.25, 0.3) is 0 Å². The first kappa shape index (κ1) is 86.8. The molecule has 2 radical (unpaired) electrons. The fourth-order valence-corrected chi connectivity index (χ4v) is 14.9. The van der Waals surface area contributed by atoms with E-state index in [2.05, 4.69) is 162 Å². The van der Waals surface area contributed by atoms with Crippen molar-refractivity contribution in [2.45, 2.75) is 87.5 Å². The molecule has 0 aliphatic carbocycles. The van der Waals surface area contributed by atoms with E-state index < -0.39 is 42.2 Å². The van der Waals surface area contributed by atoms with Gasteiger partial charge in [-0.2, -0.15) is 13.2 Å². The van der Waals surface area contributed by atoms with Gasteiger partial charge in [0.15, 0.2) is 10.1 Å². The van der Waals surface area contributed by atoms with Gasteiger partial charge >= 0.3 is 257 Å². The fraction of sp³-hybridized carbons (Fsp3) is 0.257. The molecule has 0 spiro atoms. The van der Waals surface area contributed by atoms with Crippen LogP contribution in [0, 0.1) is 36.1 Å². The Morgan fingerprint density at radius 3 is 0.968 bits per heavy atom. The standard InChI is InChI=1S/C18H25GeN.C18H24GeN.3C11H8N.C2H6O.CHF3O3S.2CH4O.2Ir/c2*1-14(2)11-16-12-18(15-9-7-6-8-10-15)20-13-17(16)19(3,4)5;3*1-2-6-10(7-3-1)11-8-4-5-9-12-11;1-2-3;2-1(3,4)8(5,6)7;2*1-2;;/h6-10,12-14H,11H2,1-5H3;6-9,12-14H,11H2,1-5H3;3*1-6,8-9H;3H,2H2,1H3;(H,5,6,7);2*2H,1H3;;/q;4*-1;;;;;;/p-1. The predicted octanol–water partition coefficient (Wildman–Crippen LogP) is 15.7. The van der Waals surface area contributed by atoms with E-state index in [9.17, 15) is 13.2 Å². The van der Waals surface area contributed by atoms with Crippen LogP contribution in [0.25, 0.3) is 56.3 Å². The van der Waals surface area contributed by atoms with E-state index in [1.54, 1.807) is 34.3 Å². The number of rotatable bonds is 11. The summed E-state index contributed by atoms with van der Waals surface area (Å²) in [4.78, 5) is 22.1. The molecule has 19 heteroatoms. The zero-order valence-electron chi connectivity index (χ0n) is 55.1. The van der Waals surface area contributed by atoms with Crippen molar-refractivity contribution in [2.75, 3.05) is 20.8 Å². The SMILES string of the molecule is CC(C)Cc1cc(-c2[c-]cccc2)nc[c]1[Ge]([CH3])([CH3])[CH3].CC(C)Cc1cc(-c2ccccc2)nc[c]1[Ge]([CH3])([CH3])[CH3].CCO.CO.CO.O=S(=O)([O-])C(F)(F)F.[Ir].[Ir].[c-]1ccccc1-c1ccccn1.[c-]1ccccc1-c1ccccn1.[c-]1ccccc1-c1ccccn1. The number of hydrogen-bond donors (Lipinski definition) is 3. The molecular weight excluding hydrogens is 1670 g/mol. The molecule has 0 aliphatic rings. The van der Waals surface area contributed by atoms with Crippen LogP contribution in [0.5, 0.6) is 0 Å². The number of aliphatic hydroxyl groups excluding tert-OH is 3. The number of alkyl halides is 3. The van der Waals surface area contributed by atoms with Crippen molar-refractivity contribution in [3.63, 3.8) is 0 Å². The summed E-state index contributed by atoms with van der Waals surface area (Å²) in [5.41, 5.74) is 7.86. The van der Waals surface area contributed by atoms with Crippen molar-refractivity contribution in [1.29, 1.82) is 0 Å². The third kappa shape index (κ3) is 34.2. The molecule has 93 heavy (non-hydrogen) atoms. The Labute approximate surface area is 584 Å². The van der Waals surface area contributed by atoms with Crippen LogP contribution in [0.2, 0.25) is 34.5 Å². The summed E-state index contributed by atoms with van der Waals surface area (Å²) in [6.45, 7) is 11.1. The predicted molar refractivity (Wildman–Crippen MR) is 372 cm³/mol. The summed E-state index contributed by atoms with van der Waals surface area (Å²) in [6.07, 6.45) is 11.9. The number of hydrogen-bond acceptors (Lipinski definition) is 11.